The van der Waals surface area contributed by atoms with Crippen LogP contribution in [0.1, 0.15) is 26.3 Å². The molecule has 5 nitrogen and oxygen atoms in total. The van der Waals surface area contributed by atoms with Gasteiger partial charge in [-0.05, 0) is 51.4 Å². The van der Waals surface area contributed by atoms with Gasteiger partial charge in [0.05, 0.1) is 22.3 Å². The van der Waals surface area contributed by atoms with Crippen molar-refractivity contribution in [2.24, 2.45) is 0 Å². The molecule has 60 heavy (non-hydrogen) atoms. The maximum atomic E-state index is 7.12. The van der Waals surface area contributed by atoms with Crippen LogP contribution in [0.2, 0.25) is 0 Å². The summed E-state index contributed by atoms with van der Waals surface area (Å²) in [4.78, 5) is 15.5. The summed E-state index contributed by atoms with van der Waals surface area (Å²) in [7, 11) is 0. The number of para-hydroxylation sites is 4. The maximum Gasteiger partial charge on any atom is 0.167 e. The van der Waals surface area contributed by atoms with Gasteiger partial charge in [-0.25, -0.2) is 15.0 Å². The lowest BCUT2D eigenvalue weighted by Crippen LogP contribution is -2.13. The predicted molar refractivity (Wildman–Crippen MR) is 247 cm³/mol. The minimum absolute atomic E-state index is 0.0849. The average Bonchev–Trinajstić information content (AvgIpc) is 3.86. The Morgan fingerprint density at radius 2 is 0.850 bits per heavy atom. The third-order valence-corrected chi connectivity index (χ3v) is 11.6. The van der Waals surface area contributed by atoms with E-state index < -0.39 is 0 Å². The molecule has 0 saturated heterocycles. The molecule has 11 aromatic rings. The van der Waals surface area contributed by atoms with Crippen LogP contribution in [0.25, 0.3) is 106 Å². The highest BCUT2D eigenvalue weighted by atomic mass is 16.3. The van der Waals surface area contributed by atoms with Crippen molar-refractivity contribution in [3.8, 4) is 62.1 Å². The lowest BCUT2D eigenvalue weighted by molar-refractivity contribution is 0.594. The number of hydrogen-bond donors (Lipinski definition) is 0. The largest absolute Gasteiger partial charge is 0.453 e. The van der Waals surface area contributed by atoms with Gasteiger partial charge >= 0.3 is 0 Å². The molecule has 3 heterocycles. The van der Waals surface area contributed by atoms with E-state index in [1.165, 1.54) is 21.9 Å². The summed E-state index contributed by atoms with van der Waals surface area (Å²) in [5.41, 5.74) is 13.3. The van der Waals surface area contributed by atoms with Crippen LogP contribution in [0.3, 0.4) is 0 Å². The Balaban J connectivity index is 1.11. The molecular formula is C55H40N4O. The molecule has 0 unspecified atom stereocenters. The van der Waals surface area contributed by atoms with Gasteiger partial charge in [0.15, 0.2) is 23.1 Å². The first-order chi connectivity index (χ1) is 29.4. The Hall–Kier alpha value is -7.63. The number of hydrogen-bond acceptors (Lipinski definition) is 4. The standard InChI is InChI=1S/C55H40N4O/c1-55(2,3)46-24-13-20-42-41-19-10-11-25-47(41)59(49(42)46)48-26-14-22-44-43-21-12-23-45(50(43)60-51(44)48)54-57-52(39-31-27-37(28-32-39)35-15-6-4-7-16-35)56-53(58-54)40-33-29-38(30-34-40)36-17-8-5-9-18-36/h4-34H,1-3H3. The zero-order valence-electron chi connectivity index (χ0n) is 33.6. The minimum atomic E-state index is -0.0849. The van der Waals surface area contributed by atoms with Crippen LogP contribution >= 0.6 is 0 Å². The molecule has 0 aliphatic carbocycles. The van der Waals surface area contributed by atoms with Gasteiger partial charge in [0.2, 0.25) is 0 Å². The first-order valence-electron chi connectivity index (χ1n) is 20.4. The second-order valence-corrected chi connectivity index (χ2v) is 16.4. The van der Waals surface area contributed by atoms with Gasteiger partial charge in [-0.3, -0.25) is 0 Å². The molecule has 0 aliphatic heterocycles. The van der Waals surface area contributed by atoms with E-state index in [9.17, 15) is 0 Å². The Labute approximate surface area is 348 Å². The van der Waals surface area contributed by atoms with Gasteiger partial charge in [-0.2, -0.15) is 0 Å². The van der Waals surface area contributed by atoms with E-state index in [1.54, 1.807) is 0 Å². The van der Waals surface area contributed by atoms with Crippen molar-refractivity contribution >= 4 is 43.7 Å². The van der Waals surface area contributed by atoms with Crippen molar-refractivity contribution in [1.82, 2.24) is 19.5 Å². The van der Waals surface area contributed by atoms with Gasteiger partial charge < -0.3 is 8.98 Å². The highest BCUT2D eigenvalue weighted by Gasteiger charge is 2.25. The summed E-state index contributed by atoms with van der Waals surface area (Å²) >= 11 is 0. The molecule has 8 aromatic carbocycles. The molecule has 11 rings (SSSR count). The van der Waals surface area contributed by atoms with E-state index >= 15 is 0 Å². The zero-order valence-corrected chi connectivity index (χ0v) is 33.6. The summed E-state index contributed by atoms with van der Waals surface area (Å²) in [6.45, 7) is 6.85. The van der Waals surface area contributed by atoms with Crippen molar-refractivity contribution in [3.05, 3.63) is 194 Å². The lowest BCUT2D eigenvalue weighted by atomic mass is 9.85. The first kappa shape index (κ1) is 35.5. The molecule has 3 aromatic heterocycles. The Kier molecular flexibility index (Phi) is 8.31. The van der Waals surface area contributed by atoms with E-state index in [1.807, 2.05) is 12.1 Å². The summed E-state index contributed by atoms with van der Waals surface area (Å²) in [6, 6.07) is 65.8. The maximum absolute atomic E-state index is 7.12. The molecule has 286 valence electrons. The SMILES string of the molecule is CC(C)(C)c1cccc2c3ccccc3n(-c3cccc4c3oc3c(-c5nc(-c6ccc(-c7ccccc7)cc6)nc(-c6ccc(-c7ccccc7)cc6)n5)cccc34)c12. The summed E-state index contributed by atoms with van der Waals surface area (Å²) in [5.74, 6) is 1.73. The third kappa shape index (κ3) is 5.97. The van der Waals surface area contributed by atoms with Crippen molar-refractivity contribution in [2.75, 3.05) is 0 Å². The molecule has 0 fully saturated rings. The van der Waals surface area contributed by atoms with E-state index in [2.05, 4.69) is 201 Å². The van der Waals surface area contributed by atoms with Gasteiger partial charge in [-0.1, -0.05) is 191 Å². The molecule has 0 N–H and O–H groups in total. The average molecular weight is 773 g/mol. The number of rotatable bonds is 6. The fourth-order valence-electron chi connectivity index (χ4n) is 8.67. The number of benzene rings is 8. The highest BCUT2D eigenvalue weighted by molar-refractivity contribution is 6.14. The highest BCUT2D eigenvalue weighted by Crippen LogP contribution is 2.43. The molecule has 0 atom stereocenters. The van der Waals surface area contributed by atoms with Crippen LogP contribution < -0.4 is 0 Å². The molecular weight excluding hydrogens is 733 g/mol. The summed E-state index contributed by atoms with van der Waals surface area (Å²) in [5, 5.41) is 4.48. The van der Waals surface area contributed by atoms with Crippen LogP contribution in [0.4, 0.5) is 0 Å². The Morgan fingerprint density at radius 1 is 0.383 bits per heavy atom. The fourth-order valence-corrected chi connectivity index (χ4v) is 8.67. The third-order valence-electron chi connectivity index (χ3n) is 11.6. The van der Waals surface area contributed by atoms with E-state index in [4.69, 9.17) is 19.4 Å². The summed E-state index contributed by atoms with van der Waals surface area (Å²) in [6.07, 6.45) is 0. The normalized spacial score (nSPS) is 11.9. The molecule has 0 spiro atoms. The zero-order chi connectivity index (χ0) is 40.4. The van der Waals surface area contributed by atoms with Gasteiger partial charge in [-0.15, -0.1) is 0 Å². The van der Waals surface area contributed by atoms with Gasteiger partial charge in [0.1, 0.15) is 5.58 Å². The van der Waals surface area contributed by atoms with Crippen molar-refractivity contribution < 1.29 is 4.42 Å². The van der Waals surface area contributed by atoms with Gasteiger partial charge in [0.25, 0.3) is 0 Å². The molecule has 0 saturated carbocycles. The van der Waals surface area contributed by atoms with E-state index in [0.29, 0.717) is 17.5 Å². The molecule has 0 aliphatic rings. The second-order valence-electron chi connectivity index (χ2n) is 16.4. The fraction of sp³-hybridized carbons (Fsp3) is 0.0727. The van der Waals surface area contributed by atoms with Crippen LogP contribution in [0.15, 0.2) is 192 Å². The lowest BCUT2D eigenvalue weighted by Gasteiger charge is -2.22. The van der Waals surface area contributed by atoms with E-state index in [0.717, 1.165) is 72.1 Å². The molecule has 0 radical (unpaired) electrons. The van der Waals surface area contributed by atoms with Crippen molar-refractivity contribution in [3.63, 3.8) is 0 Å². The van der Waals surface area contributed by atoms with Crippen molar-refractivity contribution in [1.29, 1.82) is 0 Å². The number of nitrogens with zero attached hydrogens (tertiary/aromatic N) is 4. The molecule has 0 amide bonds. The smallest absolute Gasteiger partial charge is 0.167 e. The van der Waals surface area contributed by atoms with Crippen LogP contribution in [0.5, 0.6) is 0 Å². The number of aromatic nitrogens is 4. The minimum Gasteiger partial charge on any atom is -0.453 e. The van der Waals surface area contributed by atoms with Crippen LogP contribution in [0, 0.1) is 0 Å². The predicted octanol–water partition coefficient (Wildman–Crippen LogP) is 14.5. The molecule has 0 bridgehead atoms. The Morgan fingerprint density at radius 3 is 1.47 bits per heavy atom. The van der Waals surface area contributed by atoms with Crippen molar-refractivity contribution in [2.45, 2.75) is 26.2 Å². The number of furan rings is 1. The monoisotopic (exact) mass is 772 g/mol. The number of fused-ring (bicyclic) bond motifs is 6. The first-order valence-corrected chi connectivity index (χ1v) is 20.4. The van der Waals surface area contributed by atoms with Gasteiger partial charge in [0, 0.05) is 32.7 Å². The summed E-state index contributed by atoms with van der Waals surface area (Å²) < 4.78 is 9.51. The molecule has 5 heteroatoms. The van der Waals surface area contributed by atoms with Crippen LogP contribution in [-0.2, 0) is 5.41 Å². The second kappa shape index (κ2) is 14.0. The van der Waals surface area contributed by atoms with Crippen LogP contribution in [-0.4, -0.2) is 19.5 Å². The topological polar surface area (TPSA) is 56.7 Å². The van der Waals surface area contributed by atoms with E-state index in [-0.39, 0.29) is 5.41 Å². The Bertz CT molecular complexity index is 3270. The quantitative estimate of drug-likeness (QED) is 0.169.